The number of carbonyl (C=O) groups excluding carboxylic acids is 1. The maximum Gasteiger partial charge on any atom is 0.235 e. The van der Waals surface area contributed by atoms with Gasteiger partial charge in [-0.1, -0.05) is 18.2 Å². The van der Waals surface area contributed by atoms with Gasteiger partial charge in [0.2, 0.25) is 5.91 Å². The van der Waals surface area contributed by atoms with Crippen molar-refractivity contribution in [2.24, 2.45) is 11.7 Å². The molecule has 4 nitrogen and oxygen atoms in total. The Morgan fingerprint density at radius 2 is 2.25 bits per heavy atom. The van der Waals surface area contributed by atoms with Crippen LogP contribution in [0.25, 0.3) is 10.9 Å². The first-order valence-corrected chi connectivity index (χ1v) is 4.96. The molecule has 0 aliphatic heterocycles. The number of hydrogen-bond acceptors (Lipinski definition) is 2. The third-order valence-electron chi connectivity index (χ3n) is 2.60. The molecule has 3 N–H and O–H groups in total. The zero-order chi connectivity index (χ0) is 11.5. The van der Waals surface area contributed by atoms with Crippen LogP contribution >= 0.6 is 0 Å². The molecule has 0 fully saturated rings. The largest absolute Gasteiger partial charge is 0.369 e. The second kappa shape index (κ2) is 4.07. The van der Waals surface area contributed by atoms with Crippen LogP contribution in [0.3, 0.4) is 0 Å². The Balaban J connectivity index is 2.35. The van der Waals surface area contributed by atoms with Crippen molar-refractivity contribution in [3.05, 3.63) is 36.0 Å². The van der Waals surface area contributed by atoms with Crippen LogP contribution in [0.1, 0.15) is 5.56 Å². The zero-order valence-electron chi connectivity index (χ0n) is 8.60. The van der Waals surface area contributed by atoms with Crippen LogP contribution in [0.2, 0.25) is 0 Å². The summed E-state index contributed by atoms with van der Waals surface area (Å²) < 4.78 is 0. The first-order valence-electron chi connectivity index (χ1n) is 4.96. The van der Waals surface area contributed by atoms with E-state index in [9.17, 15) is 4.79 Å². The molecule has 4 heteroatoms. The average Bonchev–Trinajstić information content (AvgIpc) is 2.69. The molecule has 2 rings (SSSR count). The summed E-state index contributed by atoms with van der Waals surface area (Å²) in [7, 11) is 0. The standard InChI is InChI=1S/C12H11N3O/c13-6-8(12(14)16)5-9-7-15-11-4-2-1-3-10(9)11/h1-4,7-8,15H,5H2,(H2,14,16)/t8-/m1/s1. The lowest BCUT2D eigenvalue weighted by molar-refractivity contribution is -0.120. The molecular weight excluding hydrogens is 202 g/mol. The number of rotatable bonds is 3. The summed E-state index contributed by atoms with van der Waals surface area (Å²) in [5, 5.41) is 9.84. The first kappa shape index (κ1) is 10.2. The molecule has 1 atom stereocenters. The summed E-state index contributed by atoms with van der Waals surface area (Å²) in [6.07, 6.45) is 2.17. The Hall–Kier alpha value is -2.28. The van der Waals surface area contributed by atoms with Gasteiger partial charge in [0, 0.05) is 17.1 Å². The van der Waals surface area contributed by atoms with Gasteiger partial charge in [-0.25, -0.2) is 0 Å². The normalized spacial score (nSPS) is 12.2. The molecule has 0 aliphatic rings. The van der Waals surface area contributed by atoms with Gasteiger partial charge in [0.1, 0.15) is 5.92 Å². The van der Waals surface area contributed by atoms with E-state index in [-0.39, 0.29) is 0 Å². The van der Waals surface area contributed by atoms with Gasteiger partial charge in [-0.15, -0.1) is 0 Å². The van der Waals surface area contributed by atoms with Crippen molar-refractivity contribution < 1.29 is 4.79 Å². The lowest BCUT2D eigenvalue weighted by Gasteiger charge is -2.02. The third kappa shape index (κ3) is 1.75. The number of nitrogens with two attached hydrogens (primary N) is 1. The lowest BCUT2D eigenvalue weighted by atomic mass is 10.00. The van der Waals surface area contributed by atoms with Crippen LogP contribution in [-0.4, -0.2) is 10.9 Å². The molecule has 0 radical (unpaired) electrons. The molecule has 2 aromatic rings. The van der Waals surface area contributed by atoms with E-state index in [4.69, 9.17) is 11.0 Å². The molecule has 0 spiro atoms. The summed E-state index contributed by atoms with van der Waals surface area (Å²) in [5.74, 6) is -1.34. The fourth-order valence-corrected chi connectivity index (χ4v) is 1.73. The summed E-state index contributed by atoms with van der Waals surface area (Å²) in [4.78, 5) is 14.1. The molecular formula is C12H11N3O. The quantitative estimate of drug-likeness (QED) is 0.806. The summed E-state index contributed by atoms with van der Waals surface area (Å²) in [5.41, 5.74) is 7.08. The van der Waals surface area contributed by atoms with Gasteiger partial charge in [0.15, 0.2) is 0 Å². The highest BCUT2D eigenvalue weighted by Gasteiger charge is 2.16. The van der Waals surface area contributed by atoms with Gasteiger partial charge in [-0.2, -0.15) is 5.26 Å². The smallest absolute Gasteiger partial charge is 0.235 e. The highest BCUT2D eigenvalue weighted by atomic mass is 16.1. The van der Waals surface area contributed by atoms with Crippen molar-refractivity contribution >= 4 is 16.8 Å². The number of fused-ring (bicyclic) bond motifs is 1. The number of nitrogens with zero attached hydrogens (tertiary/aromatic N) is 1. The molecule has 0 aliphatic carbocycles. The molecule has 0 saturated carbocycles. The number of nitrogens with one attached hydrogen (secondary N) is 1. The van der Waals surface area contributed by atoms with E-state index in [2.05, 4.69) is 4.98 Å². The second-order valence-electron chi connectivity index (χ2n) is 3.65. The summed E-state index contributed by atoms with van der Waals surface area (Å²) >= 11 is 0. The molecule has 1 heterocycles. The van der Waals surface area contributed by atoms with E-state index < -0.39 is 11.8 Å². The van der Waals surface area contributed by atoms with Crippen molar-refractivity contribution in [3.63, 3.8) is 0 Å². The molecule has 80 valence electrons. The van der Waals surface area contributed by atoms with Crippen LogP contribution in [0.15, 0.2) is 30.5 Å². The lowest BCUT2D eigenvalue weighted by Crippen LogP contribution is -2.23. The van der Waals surface area contributed by atoms with E-state index in [0.717, 1.165) is 16.5 Å². The Morgan fingerprint density at radius 1 is 1.50 bits per heavy atom. The van der Waals surface area contributed by atoms with Gasteiger partial charge >= 0.3 is 0 Å². The van der Waals surface area contributed by atoms with Gasteiger partial charge < -0.3 is 10.7 Å². The highest BCUT2D eigenvalue weighted by molar-refractivity contribution is 5.85. The van der Waals surface area contributed by atoms with Gasteiger partial charge in [-0.05, 0) is 18.1 Å². The Labute approximate surface area is 92.7 Å². The second-order valence-corrected chi connectivity index (χ2v) is 3.65. The predicted molar refractivity (Wildman–Crippen MR) is 60.3 cm³/mol. The Morgan fingerprint density at radius 3 is 2.94 bits per heavy atom. The number of primary amides is 1. The minimum atomic E-state index is -0.765. The number of nitriles is 1. The van der Waals surface area contributed by atoms with Crippen LogP contribution in [-0.2, 0) is 11.2 Å². The van der Waals surface area contributed by atoms with Crippen LogP contribution < -0.4 is 5.73 Å². The van der Waals surface area contributed by atoms with Crippen LogP contribution in [0.4, 0.5) is 0 Å². The Kier molecular flexibility index (Phi) is 2.61. The minimum absolute atomic E-state index is 0.357. The molecule has 0 unspecified atom stereocenters. The number of para-hydroxylation sites is 1. The zero-order valence-corrected chi connectivity index (χ0v) is 8.60. The van der Waals surface area contributed by atoms with E-state index in [0.29, 0.717) is 6.42 Å². The van der Waals surface area contributed by atoms with Crippen molar-refractivity contribution in [2.75, 3.05) is 0 Å². The van der Waals surface area contributed by atoms with Crippen molar-refractivity contribution in [1.82, 2.24) is 4.98 Å². The van der Waals surface area contributed by atoms with E-state index in [1.807, 2.05) is 36.5 Å². The maximum atomic E-state index is 11.0. The van der Waals surface area contributed by atoms with E-state index in [1.165, 1.54) is 0 Å². The number of carbonyl (C=O) groups is 1. The van der Waals surface area contributed by atoms with Gasteiger partial charge in [0.05, 0.1) is 6.07 Å². The maximum absolute atomic E-state index is 11.0. The monoisotopic (exact) mass is 213 g/mol. The molecule has 1 amide bonds. The molecule has 0 bridgehead atoms. The van der Waals surface area contributed by atoms with Crippen molar-refractivity contribution in [2.45, 2.75) is 6.42 Å². The topological polar surface area (TPSA) is 82.7 Å². The SMILES string of the molecule is N#C[C@@H](Cc1c[nH]c2ccccc12)C(N)=O. The van der Waals surface area contributed by atoms with Crippen LogP contribution in [0, 0.1) is 17.2 Å². The Bertz CT molecular complexity index is 565. The highest BCUT2D eigenvalue weighted by Crippen LogP contribution is 2.20. The third-order valence-corrected chi connectivity index (χ3v) is 2.60. The first-order chi connectivity index (χ1) is 7.72. The molecule has 0 saturated heterocycles. The van der Waals surface area contributed by atoms with E-state index in [1.54, 1.807) is 0 Å². The van der Waals surface area contributed by atoms with Crippen molar-refractivity contribution in [3.8, 4) is 6.07 Å². The van der Waals surface area contributed by atoms with E-state index >= 15 is 0 Å². The fraction of sp³-hybridized carbons (Fsp3) is 0.167. The van der Waals surface area contributed by atoms with Crippen LogP contribution in [0.5, 0.6) is 0 Å². The molecule has 1 aromatic carbocycles. The predicted octanol–water partition coefficient (Wildman–Crippen LogP) is 1.34. The number of benzene rings is 1. The summed E-state index contributed by atoms with van der Waals surface area (Å²) in [6, 6.07) is 9.67. The fourth-order valence-electron chi connectivity index (χ4n) is 1.73. The number of aromatic amines is 1. The number of hydrogen-bond donors (Lipinski definition) is 2. The average molecular weight is 213 g/mol. The minimum Gasteiger partial charge on any atom is -0.369 e. The van der Waals surface area contributed by atoms with Gasteiger partial charge in [-0.3, -0.25) is 4.79 Å². The summed E-state index contributed by atoms with van der Waals surface area (Å²) in [6.45, 7) is 0. The van der Waals surface area contributed by atoms with Crippen molar-refractivity contribution in [1.29, 1.82) is 5.26 Å². The number of amides is 1. The molecule has 16 heavy (non-hydrogen) atoms. The molecule has 1 aromatic heterocycles. The number of aromatic nitrogens is 1. The number of H-pyrrole nitrogens is 1. The van der Waals surface area contributed by atoms with Gasteiger partial charge in [0.25, 0.3) is 0 Å².